The van der Waals surface area contributed by atoms with Crippen LogP contribution in [0.2, 0.25) is 0 Å². The number of hydrogen-bond acceptors (Lipinski definition) is 4. The Labute approximate surface area is 309 Å². The van der Waals surface area contributed by atoms with Crippen LogP contribution in [0.3, 0.4) is 0 Å². The fraction of sp³-hybridized carbons (Fsp3) is 0. The van der Waals surface area contributed by atoms with E-state index in [1.165, 1.54) is 35.3 Å². The molecule has 5 heteroatoms. The van der Waals surface area contributed by atoms with Crippen molar-refractivity contribution >= 4 is 86.9 Å². The van der Waals surface area contributed by atoms with Gasteiger partial charge in [-0.3, -0.25) is 0 Å². The van der Waals surface area contributed by atoms with E-state index in [9.17, 15) is 0 Å². The van der Waals surface area contributed by atoms with Gasteiger partial charge in [0.05, 0.1) is 11.2 Å². The topological polar surface area (TPSA) is 30.0 Å². The first-order valence-electron chi connectivity index (χ1n) is 17.3. The zero-order chi connectivity index (χ0) is 34.6. The minimum absolute atomic E-state index is 0.813. The van der Waals surface area contributed by atoms with Gasteiger partial charge >= 0.3 is 0 Å². The first-order chi connectivity index (χ1) is 25.7. The van der Waals surface area contributed by atoms with Crippen LogP contribution in [0.15, 0.2) is 182 Å². The summed E-state index contributed by atoms with van der Waals surface area (Å²) in [4.78, 5) is 6.58. The van der Waals surface area contributed by atoms with Gasteiger partial charge in [-0.15, -0.1) is 22.7 Å². The Balaban J connectivity index is 1.28. The number of fused-ring (bicyclic) bond motifs is 6. The van der Waals surface area contributed by atoms with Gasteiger partial charge < -0.3 is 4.57 Å². The van der Waals surface area contributed by atoms with Crippen LogP contribution in [0.25, 0.3) is 74.0 Å². The lowest BCUT2D eigenvalue weighted by molar-refractivity contribution is 0.592. The molecule has 0 fully saturated rings. The van der Waals surface area contributed by atoms with Crippen molar-refractivity contribution in [2.45, 2.75) is 0 Å². The molecule has 7 aromatic carbocycles. The molecule has 2 nitrogen and oxygen atoms in total. The van der Waals surface area contributed by atoms with Crippen molar-refractivity contribution in [3.05, 3.63) is 182 Å². The zero-order valence-electron chi connectivity index (χ0n) is 27.9. The van der Waals surface area contributed by atoms with Crippen molar-refractivity contribution in [1.82, 2.24) is 4.98 Å². The van der Waals surface area contributed by atoms with E-state index in [1.54, 1.807) is 0 Å². The first kappa shape index (κ1) is 31.1. The summed E-state index contributed by atoms with van der Waals surface area (Å²) < 4.78 is 19.1. The molecule has 10 rings (SSSR count). The van der Waals surface area contributed by atoms with Crippen LogP contribution in [0.1, 0.15) is 0 Å². The zero-order valence-corrected chi connectivity index (χ0v) is 30.5. The summed E-state index contributed by atoms with van der Waals surface area (Å²) in [6, 6.07) is 62.7. The lowest BCUT2D eigenvalue weighted by atomic mass is 9.94. The summed E-state index contributed by atoms with van der Waals surface area (Å²) in [5.41, 5.74) is 6.49. The summed E-state index contributed by atoms with van der Waals surface area (Å²) in [5.74, 6) is 0. The predicted molar refractivity (Wildman–Crippen MR) is 226 cm³/mol. The Hall–Kier alpha value is -5.64. The fourth-order valence-corrected chi connectivity index (χ4v) is 12.9. The SMILES string of the molecule is O=P(c1ccccc1)(c1ccccc1)c1ccc(-c2c(-c3cccc4c3sc3ccccc34)sc3c2c(-c2ccccc2)nc2ccccc23)cc1. The minimum atomic E-state index is -3.14. The number of pyridine rings is 1. The molecule has 0 atom stereocenters. The molecule has 0 amide bonds. The van der Waals surface area contributed by atoms with E-state index < -0.39 is 7.14 Å². The average molecular weight is 720 g/mol. The number of thiophene rings is 2. The Morgan fingerprint density at radius 3 is 1.73 bits per heavy atom. The van der Waals surface area contributed by atoms with Gasteiger partial charge in [-0.05, 0) is 17.7 Å². The molecule has 0 aliphatic heterocycles. The number of benzene rings is 7. The third-order valence-electron chi connectivity index (χ3n) is 9.98. The average Bonchev–Trinajstić information content (AvgIpc) is 3.81. The maximum Gasteiger partial charge on any atom is 0.171 e. The van der Waals surface area contributed by atoms with E-state index in [0.717, 1.165) is 54.6 Å². The molecule has 0 aliphatic carbocycles. The van der Waals surface area contributed by atoms with Gasteiger partial charge in [0.25, 0.3) is 0 Å². The second-order valence-corrected chi connectivity index (χ2v) is 17.8. The third kappa shape index (κ3) is 4.91. The summed E-state index contributed by atoms with van der Waals surface area (Å²) in [6.07, 6.45) is 0. The standard InChI is InChI=1S/C47H30NOPS2/c49-50(33-17-6-2-7-18-33,34-19-8-3-9-20-34)35-29-27-31(28-30-35)42-43-44(32-15-4-1-5-16-32)48-40-25-12-10-22-38(40)46(43)52-47(42)39-24-14-23-37-36-21-11-13-26-41(36)51-45(37)39/h1-30H. The van der Waals surface area contributed by atoms with Crippen molar-refractivity contribution < 1.29 is 4.57 Å². The van der Waals surface area contributed by atoms with Crippen LogP contribution >= 0.6 is 29.8 Å². The van der Waals surface area contributed by atoms with Crippen molar-refractivity contribution in [3.63, 3.8) is 0 Å². The van der Waals surface area contributed by atoms with E-state index in [0.29, 0.717) is 0 Å². The van der Waals surface area contributed by atoms with E-state index in [4.69, 9.17) is 4.98 Å². The Morgan fingerprint density at radius 1 is 0.442 bits per heavy atom. The van der Waals surface area contributed by atoms with Gasteiger partial charge in [0.1, 0.15) is 0 Å². The highest BCUT2D eigenvalue weighted by molar-refractivity contribution is 7.85. The van der Waals surface area contributed by atoms with Crippen molar-refractivity contribution in [3.8, 4) is 32.8 Å². The monoisotopic (exact) mass is 719 g/mol. The van der Waals surface area contributed by atoms with Gasteiger partial charge in [0.2, 0.25) is 0 Å². The molecule has 52 heavy (non-hydrogen) atoms. The van der Waals surface area contributed by atoms with E-state index in [1.807, 2.05) is 83.3 Å². The second kappa shape index (κ2) is 12.5. The van der Waals surface area contributed by atoms with Gasteiger partial charge in [0, 0.05) is 73.1 Å². The molecule has 3 heterocycles. The largest absolute Gasteiger partial charge is 0.309 e. The molecular formula is C47H30NOPS2. The van der Waals surface area contributed by atoms with E-state index >= 15 is 4.57 Å². The smallest absolute Gasteiger partial charge is 0.171 e. The molecule has 246 valence electrons. The molecule has 0 saturated carbocycles. The maximum atomic E-state index is 15.3. The number of hydrogen-bond donors (Lipinski definition) is 0. The molecule has 0 unspecified atom stereocenters. The van der Waals surface area contributed by atoms with Gasteiger partial charge in [-0.1, -0.05) is 170 Å². The molecule has 0 N–H and O–H groups in total. The van der Waals surface area contributed by atoms with Gasteiger partial charge in [-0.25, -0.2) is 4.98 Å². The van der Waals surface area contributed by atoms with Crippen molar-refractivity contribution in [1.29, 1.82) is 0 Å². The Bertz CT molecular complexity index is 2930. The normalized spacial score (nSPS) is 11.9. The van der Waals surface area contributed by atoms with Crippen LogP contribution in [-0.4, -0.2) is 4.98 Å². The highest BCUT2D eigenvalue weighted by Crippen LogP contribution is 2.53. The van der Waals surface area contributed by atoms with E-state index in [2.05, 4.69) is 121 Å². The highest BCUT2D eigenvalue weighted by atomic mass is 32.1. The van der Waals surface area contributed by atoms with Crippen molar-refractivity contribution in [2.24, 2.45) is 0 Å². The summed E-state index contributed by atoms with van der Waals surface area (Å²) >= 11 is 3.71. The second-order valence-electron chi connectivity index (χ2n) is 13.0. The molecule has 3 aromatic heterocycles. The quantitative estimate of drug-likeness (QED) is 0.160. The molecular weight excluding hydrogens is 690 g/mol. The van der Waals surface area contributed by atoms with Crippen molar-refractivity contribution in [2.75, 3.05) is 0 Å². The lowest BCUT2D eigenvalue weighted by Gasteiger charge is -2.20. The number of aromatic nitrogens is 1. The highest BCUT2D eigenvalue weighted by Gasteiger charge is 2.30. The fourth-order valence-electron chi connectivity index (χ4n) is 7.54. The third-order valence-corrected chi connectivity index (χ3v) is 15.5. The first-order valence-corrected chi connectivity index (χ1v) is 20.7. The van der Waals surface area contributed by atoms with E-state index in [-0.39, 0.29) is 0 Å². The maximum absolute atomic E-state index is 15.3. The van der Waals surface area contributed by atoms with Gasteiger partial charge in [0.15, 0.2) is 7.14 Å². The van der Waals surface area contributed by atoms with Crippen LogP contribution in [0, 0.1) is 0 Å². The van der Waals surface area contributed by atoms with Crippen LogP contribution < -0.4 is 15.9 Å². The van der Waals surface area contributed by atoms with Gasteiger partial charge in [-0.2, -0.15) is 0 Å². The number of rotatable bonds is 6. The summed E-state index contributed by atoms with van der Waals surface area (Å²) in [6.45, 7) is 0. The predicted octanol–water partition coefficient (Wildman–Crippen LogP) is 12.5. The summed E-state index contributed by atoms with van der Waals surface area (Å²) in [7, 11) is -3.14. The molecule has 0 spiro atoms. The molecule has 0 aliphatic rings. The Kier molecular flexibility index (Phi) is 7.51. The minimum Gasteiger partial charge on any atom is -0.309 e. The molecule has 0 radical (unpaired) electrons. The summed E-state index contributed by atoms with van der Waals surface area (Å²) in [5, 5.41) is 7.31. The lowest BCUT2D eigenvalue weighted by Crippen LogP contribution is -2.24. The molecule has 0 saturated heterocycles. The van der Waals surface area contributed by atoms with Crippen LogP contribution in [0.5, 0.6) is 0 Å². The number of para-hydroxylation sites is 1. The van der Waals surface area contributed by atoms with Crippen LogP contribution in [0.4, 0.5) is 0 Å². The van der Waals surface area contributed by atoms with Crippen LogP contribution in [-0.2, 0) is 4.57 Å². The molecule has 10 aromatic rings. The molecule has 0 bridgehead atoms. The Morgan fingerprint density at radius 2 is 1.02 bits per heavy atom. The number of nitrogens with zero attached hydrogens (tertiary/aromatic N) is 1.